The Balaban J connectivity index is 4.68. The molecule has 0 unspecified atom stereocenters. The number of hydrogen-bond donors (Lipinski definition) is 0. The molecule has 0 aromatic carbocycles. The quantitative estimate of drug-likeness (QED) is 0.0347. The largest absolute Gasteiger partial charge is 0.748 e. The first kappa shape index (κ1) is 62.3. The normalized spacial score (nSPS) is 12.3. The lowest BCUT2D eigenvalue weighted by Gasteiger charge is -2.29. The lowest BCUT2D eigenvalue weighted by molar-refractivity contribution is 0.462. The molecule has 0 fully saturated rings. The van der Waals surface area contributed by atoms with Gasteiger partial charge in [0.2, 0.25) is 0 Å². The first-order valence-electron chi connectivity index (χ1n) is 29.2. The monoisotopic (exact) mass is 913 g/mol. The minimum atomic E-state index is -4.13. The molecule has 0 aliphatic rings. The lowest BCUT2D eigenvalue weighted by Crippen LogP contribution is -2.16. The molecule has 0 N–H and O–H groups in total. The van der Waals surface area contributed by atoms with Crippen LogP contribution in [0.2, 0.25) is 0 Å². The summed E-state index contributed by atoms with van der Waals surface area (Å²) >= 11 is 0. The molecule has 62 heavy (non-hydrogen) atoms. The molecule has 0 saturated carbocycles. The molecule has 0 spiro atoms. The maximum atomic E-state index is 11.7. The zero-order valence-corrected chi connectivity index (χ0v) is 45.0. The van der Waals surface area contributed by atoms with Gasteiger partial charge >= 0.3 is 0 Å². The fourth-order valence-electron chi connectivity index (χ4n) is 10.2. The van der Waals surface area contributed by atoms with E-state index in [-0.39, 0.29) is 5.75 Å². The van der Waals surface area contributed by atoms with Crippen molar-refractivity contribution >= 4 is 17.4 Å². The highest BCUT2D eigenvalue weighted by molar-refractivity contribution is 7.85. The molecule has 0 amide bonds. The molecule has 0 heterocycles. The summed E-state index contributed by atoms with van der Waals surface area (Å²) in [6.07, 6.45) is 73.2. The predicted molar refractivity (Wildman–Crippen MR) is 284 cm³/mol. The summed E-state index contributed by atoms with van der Waals surface area (Å²) < 4.78 is 35.2. The van der Waals surface area contributed by atoms with Crippen molar-refractivity contribution < 1.29 is 13.0 Å². The highest BCUT2D eigenvalue weighted by Gasteiger charge is 2.35. The summed E-state index contributed by atoms with van der Waals surface area (Å²) in [7, 11) is -5.38. The molecule has 0 atom stereocenters. The SMILES string of the molecule is CCCCCCCCCCCCCCCCCC[P+](CCCCCCCCCCCCCCCCCC)(CCCCCCCCCCCCCCCCCC)CCCS(=O)(=O)[O-]. The van der Waals surface area contributed by atoms with Crippen LogP contribution in [0.1, 0.15) is 335 Å². The molecule has 0 aliphatic heterocycles. The van der Waals surface area contributed by atoms with E-state index in [4.69, 9.17) is 0 Å². The lowest BCUT2D eigenvalue weighted by atomic mass is 10.0. The fourth-order valence-corrected chi connectivity index (χ4v) is 15.8. The molecular formula is C57H117O3PS. The molecule has 0 aliphatic carbocycles. The van der Waals surface area contributed by atoms with Gasteiger partial charge in [-0.25, -0.2) is 8.42 Å². The minimum absolute atomic E-state index is 0.147. The van der Waals surface area contributed by atoms with Crippen LogP contribution in [-0.4, -0.2) is 43.4 Å². The third-order valence-corrected chi connectivity index (χ3v) is 20.3. The Morgan fingerprint density at radius 1 is 0.242 bits per heavy atom. The van der Waals surface area contributed by atoms with Gasteiger partial charge in [-0.1, -0.05) is 290 Å². The number of unbranched alkanes of at least 4 members (excludes halogenated alkanes) is 45. The highest BCUT2D eigenvalue weighted by atomic mass is 32.2. The Bertz CT molecular complexity index is 850. The zero-order valence-electron chi connectivity index (χ0n) is 43.3. The first-order chi connectivity index (χ1) is 30.4. The van der Waals surface area contributed by atoms with Crippen LogP contribution >= 0.6 is 7.26 Å². The maximum absolute atomic E-state index is 11.7. The summed E-state index contributed by atoms with van der Waals surface area (Å²) in [5, 5.41) is 0. The molecule has 0 radical (unpaired) electrons. The van der Waals surface area contributed by atoms with Gasteiger partial charge in [0.05, 0.1) is 34.8 Å². The molecule has 0 aromatic rings. The smallest absolute Gasteiger partial charge is 0.0947 e. The Morgan fingerprint density at radius 3 is 0.548 bits per heavy atom. The molecular weight excluding hydrogens is 796 g/mol. The van der Waals surface area contributed by atoms with Gasteiger partial charge in [0, 0.05) is 13.0 Å². The van der Waals surface area contributed by atoms with E-state index < -0.39 is 17.4 Å². The van der Waals surface area contributed by atoms with Crippen LogP contribution < -0.4 is 0 Å². The van der Waals surface area contributed by atoms with E-state index in [1.54, 1.807) is 0 Å². The Hall–Kier alpha value is 0.340. The van der Waals surface area contributed by atoms with E-state index in [1.165, 1.54) is 327 Å². The van der Waals surface area contributed by atoms with Crippen molar-refractivity contribution in [2.45, 2.75) is 335 Å². The second-order valence-electron chi connectivity index (χ2n) is 20.8. The molecule has 0 bridgehead atoms. The Kier molecular flexibility index (Phi) is 51.0. The van der Waals surface area contributed by atoms with Gasteiger partial charge in [0.25, 0.3) is 0 Å². The standard InChI is InChI=1S/C57H117O3PS/c1-4-7-10-13-16-19-22-25-28-31-34-37-40-43-46-49-53-61(56-52-57-62(58,59)60,54-50-47-44-41-38-35-32-29-26-23-20-17-14-11-8-5-2)55-51-48-45-42-39-36-33-30-27-24-21-18-15-12-9-6-3/h4-57H2,1-3H3. The van der Waals surface area contributed by atoms with Gasteiger partial charge in [0.15, 0.2) is 0 Å². The summed E-state index contributed by atoms with van der Waals surface area (Å²) in [6, 6.07) is 0. The predicted octanol–water partition coefficient (Wildman–Crippen LogP) is 20.7. The fraction of sp³-hybridized carbons (Fsp3) is 1.00. The van der Waals surface area contributed by atoms with E-state index in [0.29, 0.717) is 6.42 Å². The van der Waals surface area contributed by atoms with Crippen molar-refractivity contribution in [3.63, 3.8) is 0 Å². The van der Waals surface area contributed by atoms with E-state index in [9.17, 15) is 13.0 Å². The van der Waals surface area contributed by atoms with Gasteiger partial charge in [0.1, 0.15) is 0 Å². The van der Waals surface area contributed by atoms with Crippen molar-refractivity contribution in [2.24, 2.45) is 0 Å². The summed E-state index contributed by atoms with van der Waals surface area (Å²) in [5.41, 5.74) is 0. The second-order valence-corrected chi connectivity index (χ2v) is 26.8. The average molecular weight is 914 g/mol. The van der Waals surface area contributed by atoms with Crippen LogP contribution in [0.4, 0.5) is 0 Å². The first-order valence-corrected chi connectivity index (χ1v) is 33.3. The third-order valence-electron chi connectivity index (χ3n) is 14.5. The van der Waals surface area contributed by atoms with Gasteiger partial charge in [-0.2, -0.15) is 0 Å². The number of hydrogen-bond acceptors (Lipinski definition) is 3. The van der Waals surface area contributed by atoms with Crippen LogP contribution in [0.15, 0.2) is 0 Å². The van der Waals surface area contributed by atoms with Crippen molar-refractivity contribution in [1.29, 1.82) is 0 Å². The van der Waals surface area contributed by atoms with Crippen LogP contribution in [0.25, 0.3) is 0 Å². The molecule has 374 valence electrons. The summed E-state index contributed by atoms with van der Waals surface area (Å²) in [4.78, 5) is 0. The summed E-state index contributed by atoms with van der Waals surface area (Å²) in [5.74, 6) is -0.147. The van der Waals surface area contributed by atoms with Crippen LogP contribution in [0, 0.1) is 0 Å². The average Bonchev–Trinajstić information content (AvgIpc) is 3.25. The van der Waals surface area contributed by atoms with E-state index in [1.807, 2.05) is 0 Å². The third kappa shape index (κ3) is 49.8. The summed E-state index contributed by atoms with van der Waals surface area (Å²) in [6.45, 7) is 6.91. The maximum Gasteiger partial charge on any atom is 0.0947 e. The molecule has 0 saturated heterocycles. The topological polar surface area (TPSA) is 57.2 Å². The number of rotatable bonds is 55. The van der Waals surface area contributed by atoms with Crippen molar-refractivity contribution in [3.8, 4) is 0 Å². The Morgan fingerprint density at radius 2 is 0.387 bits per heavy atom. The van der Waals surface area contributed by atoms with Gasteiger partial charge in [-0.15, -0.1) is 0 Å². The van der Waals surface area contributed by atoms with Crippen molar-refractivity contribution in [3.05, 3.63) is 0 Å². The minimum Gasteiger partial charge on any atom is -0.748 e. The molecule has 0 aromatic heterocycles. The van der Waals surface area contributed by atoms with Crippen LogP contribution in [-0.2, 0) is 10.1 Å². The van der Waals surface area contributed by atoms with Crippen LogP contribution in [0.5, 0.6) is 0 Å². The van der Waals surface area contributed by atoms with Crippen molar-refractivity contribution in [1.82, 2.24) is 0 Å². The van der Waals surface area contributed by atoms with Crippen LogP contribution in [0.3, 0.4) is 0 Å². The second kappa shape index (κ2) is 50.7. The highest BCUT2D eigenvalue weighted by Crippen LogP contribution is 2.61. The van der Waals surface area contributed by atoms with E-state index in [2.05, 4.69) is 20.8 Å². The van der Waals surface area contributed by atoms with E-state index >= 15 is 0 Å². The van der Waals surface area contributed by atoms with Gasteiger partial charge in [-0.3, -0.25) is 0 Å². The zero-order chi connectivity index (χ0) is 45.2. The van der Waals surface area contributed by atoms with Crippen molar-refractivity contribution in [2.75, 3.05) is 30.4 Å². The van der Waals surface area contributed by atoms with E-state index in [0.717, 1.165) is 6.16 Å². The molecule has 5 heteroatoms. The Labute approximate surface area is 394 Å². The molecule has 0 rings (SSSR count). The molecule has 3 nitrogen and oxygen atoms in total. The van der Waals surface area contributed by atoms with Gasteiger partial charge in [-0.05, 0) is 44.9 Å². The van der Waals surface area contributed by atoms with Gasteiger partial charge < -0.3 is 4.55 Å².